The lowest BCUT2D eigenvalue weighted by atomic mass is 9.95. The summed E-state index contributed by atoms with van der Waals surface area (Å²) in [4.78, 5) is 2.05. The maximum absolute atomic E-state index is 12.9. The van der Waals surface area contributed by atoms with E-state index in [0.29, 0.717) is 34.4 Å². The SMILES string of the molecule is CC(C)(O)[C@@H]1CCCN1c1cc(-c2cccc(C(O)C(F)(F)F)c2)cc2nonc12. The predicted octanol–water partition coefficient (Wildman–Crippen LogP) is 4.23. The summed E-state index contributed by atoms with van der Waals surface area (Å²) in [5.41, 5.74) is 1.62. The molecule has 1 aromatic heterocycles. The normalized spacial score (nSPS) is 18.9. The number of halogens is 3. The monoisotopic (exact) mass is 421 g/mol. The highest BCUT2D eigenvalue weighted by Gasteiger charge is 2.40. The van der Waals surface area contributed by atoms with Crippen molar-refractivity contribution < 1.29 is 28.0 Å². The number of nitrogens with zero attached hydrogens (tertiary/aromatic N) is 3. The van der Waals surface area contributed by atoms with Crippen LogP contribution in [-0.2, 0) is 0 Å². The number of benzene rings is 2. The second-order valence-electron chi connectivity index (χ2n) is 8.20. The van der Waals surface area contributed by atoms with Gasteiger partial charge in [0.05, 0.1) is 17.3 Å². The van der Waals surface area contributed by atoms with Crippen molar-refractivity contribution >= 4 is 16.7 Å². The van der Waals surface area contributed by atoms with Crippen molar-refractivity contribution in [2.24, 2.45) is 0 Å². The quantitative estimate of drug-likeness (QED) is 0.656. The molecule has 9 heteroatoms. The molecule has 0 saturated carbocycles. The van der Waals surface area contributed by atoms with E-state index in [-0.39, 0.29) is 11.6 Å². The first-order valence-corrected chi connectivity index (χ1v) is 9.66. The number of aromatic nitrogens is 2. The van der Waals surface area contributed by atoms with Gasteiger partial charge in [-0.15, -0.1) is 0 Å². The first-order valence-electron chi connectivity index (χ1n) is 9.66. The summed E-state index contributed by atoms with van der Waals surface area (Å²) in [5.74, 6) is 0. The summed E-state index contributed by atoms with van der Waals surface area (Å²) in [7, 11) is 0. The maximum atomic E-state index is 12.9. The molecule has 1 fully saturated rings. The van der Waals surface area contributed by atoms with E-state index in [0.717, 1.165) is 12.8 Å². The van der Waals surface area contributed by atoms with E-state index in [1.165, 1.54) is 18.2 Å². The Balaban J connectivity index is 1.81. The van der Waals surface area contributed by atoms with Crippen molar-refractivity contribution in [3.8, 4) is 11.1 Å². The van der Waals surface area contributed by atoms with Crippen LogP contribution >= 0.6 is 0 Å². The summed E-state index contributed by atoms with van der Waals surface area (Å²) >= 11 is 0. The van der Waals surface area contributed by atoms with Gasteiger partial charge in [0.2, 0.25) is 0 Å². The zero-order valence-electron chi connectivity index (χ0n) is 16.5. The van der Waals surface area contributed by atoms with Gasteiger partial charge < -0.3 is 15.1 Å². The Bertz CT molecular complexity index is 1060. The highest BCUT2D eigenvalue weighted by molar-refractivity contribution is 5.93. The first kappa shape index (κ1) is 20.6. The summed E-state index contributed by atoms with van der Waals surface area (Å²) in [6, 6.07) is 9.05. The highest BCUT2D eigenvalue weighted by atomic mass is 19.4. The van der Waals surface area contributed by atoms with Crippen LogP contribution in [0.2, 0.25) is 0 Å². The standard InChI is InChI=1S/C21H22F3N3O3/c1-20(2,29)17-7-4-8-27(17)16-11-14(10-15-18(16)26-30-25-15)12-5-3-6-13(9-12)19(28)21(22,23)24/h3,5-6,9-11,17,19,28-29H,4,7-8H2,1-2H3/t17-,19?/m0/s1. The third-order valence-corrected chi connectivity index (χ3v) is 5.56. The van der Waals surface area contributed by atoms with Crippen molar-refractivity contribution in [1.82, 2.24) is 10.3 Å². The second-order valence-corrected chi connectivity index (χ2v) is 8.20. The van der Waals surface area contributed by atoms with Gasteiger partial charge >= 0.3 is 6.18 Å². The molecule has 2 heterocycles. The summed E-state index contributed by atoms with van der Waals surface area (Å²) in [6.07, 6.45) is -5.63. The predicted molar refractivity (Wildman–Crippen MR) is 105 cm³/mol. The molecule has 1 aliphatic heterocycles. The van der Waals surface area contributed by atoms with Crippen LogP contribution in [0.25, 0.3) is 22.2 Å². The van der Waals surface area contributed by atoms with Crippen molar-refractivity contribution in [1.29, 1.82) is 0 Å². The molecule has 1 saturated heterocycles. The van der Waals surface area contributed by atoms with E-state index in [1.54, 1.807) is 26.0 Å². The molecule has 0 amide bonds. The van der Waals surface area contributed by atoms with E-state index in [9.17, 15) is 23.4 Å². The van der Waals surface area contributed by atoms with E-state index >= 15 is 0 Å². The maximum Gasteiger partial charge on any atom is 0.418 e. The van der Waals surface area contributed by atoms with Crippen LogP contribution in [0.15, 0.2) is 41.0 Å². The smallest absolute Gasteiger partial charge is 0.388 e. The summed E-state index contributed by atoms with van der Waals surface area (Å²) in [6.45, 7) is 4.20. The lowest BCUT2D eigenvalue weighted by Gasteiger charge is -2.35. The van der Waals surface area contributed by atoms with Gasteiger partial charge in [-0.05, 0) is 71.9 Å². The lowest BCUT2D eigenvalue weighted by Crippen LogP contribution is -2.45. The topological polar surface area (TPSA) is 82.6 Å². The Morgan fingerprint density at radius 1 is 1.13 bits per heavy atom. The van der Waals surface area contributed by atoms with Gasteiger partial charge in [0.15, 0.2) is 11.6 Å². The van der Waals surface area contributed by atoms with Crippen molar-refractivity contribution in [2.75, 3.05) is 11.4 Å². The Kier molecular flexibility index (Phi) is 4.98. The zero-order valence-corrected chi connectivity index (χ0v) is 16.5. The Labute approximate surface area is 170 Å². The van der Waals surface area contributed by atoms with Crippen LogP contribution in [0.5, 0.6) is 0 Å². The minimum Gasteiger partial charge on any atom is -0.388 e. The number of rotatable bonds is 4. The molecule has 0 bridgehead atoms. The van der Waals surface area contributed by atoms with Crippen LogP contribution in [0.3, 0.4) is 0 Å². The van der Waals surface area contributed by atoms with Gasteiger partial charge in [-0.1, -0.05) is 18.2 Å². The van der Waals surface area contributed by atoms with Crippen LogP contribution < -0.4 is 4.90 Å². The molecule has 0 aliphatic carbocycles. The summed E-state index contributed by atoms with van der Waals surface area (Å²) in [5, 5.41) is 28.1. The van der Waals surface area contributed by atoms with Crippen LogP contribution in [0.1, 0.15) is 38.4 Å². The average Bonchev–Trinajstić information content (AvgIpc) is 3.35. The molecule has 2 N–H and O–H groups in total. The molecule has 3 aromatic rings. The van der Waals surface area contributed by atoms with Gasteiger partial charge in [-0.3, -0.25) is 0 Å². The third-order valence-electron chi connectivity index (χ3n) is 5.56. The Hall–Kier alpha value is -2.65. The molecule has 1 aliphatic rings. The lowest BCUT2D eigenvalue weighted by molar-refractivity contribution is -0.206. The average molecular weight is 421 g/mol. The van der Waals surface area contributed by atoms with Gasteiger partial charge in [-0.25, -0.2) is 4.63 Å². The van der Waals surface area contributed by atoms with E-state index in [2.05, 4.69) is 10.3 Å². The fourth-order valence-electron chi connectivity index (χ4n) is 4.13. The van der Waals surface area contributed by atoms with Crippen molar-refractivity contribution in [3.05, 3.63) is 42.0 Å². The molecule has 160 valence electrons. The molecule has 2 atom stereocenters. The third kappa shape index (κ3) is 3.75. The van der Waals surface area contributed by atoms with Crippen molar-refractivity contribution in [2.45, 2.75) is 50.6 Å². The number of alkyl halides is 3. The van der Waals surface area contributed by atoms with Crippen molar-refractivity contribution in [3.63, 3.8) is 0 Å². The molecule has 1 unspecified atom stereocenters. The molecular weight excluding hydrogens is 399 g/mol. The molecule has 30 heavy (non-hydrogen) atoms. The number of fused-ring (bicyclic) bond motifs is 1. The Morgan fingerprint density at radius 2 is 1.90 bits per heavy atom. The summed E-state index contributed by atoms with van der Waals surface area (Å²) < 4.78 is 43.7. The molecule has 2 aromatic carbocycles. The Morgan fingerprint density at radius 3 is 2.60 bits per heavy atom. The minimum atomic E-state index is -4.75. The molecule has 0 spiro atoms. The number of hydrogen-bond donors (Lipinski definition) is 2. The number of aliphatic hydroxyl groups excluding tert-OH is 1. The largest absolute Gasteiger partial charge is 0.418 e. The first-order chi connectivity index (χ1) is 14.1. The fourth-order valence-corrected chi connectivity index (χ4v) is 4.13. The molecule has 4 rings (SSSR count). The second kappa shape index (κ2) is 7.24. The number of hydrogen-bond acceptors (Lipinski definition) is 6. The number of aliphatic hydroxyl groups is 2. The van der Waals surface area contributed by atoms with E-state index in [1.807, 2.05) is 11.0 Å². The zero-order chi connectivity index (χ0) is 21.7. The van der Waals surface area contributed by atoms with Gasteiger partial charge in [0.1, 0.15) is 5.52 Å². The fraction of sp³-hybridized carbons (Fsp3) is 0.429. The van der Waals surface area contributed by atoms with Gasteiger partial charge in [-0.2, -0.15) is 13.2 Å². The van der Waals surface area contributed by atoms with Gasteiger partial charge in [0.25, 0.3) is 0 Å². The van der Waals surface area contributed by atoms with Crippen LogP contribution in [0, 0.1) is 0 Å². The highest BCUT2D eigenvalue weighted by Crippen LogP contribution is 2.39. The van der Waals surface area contributed by atoms with E-state index in [4.69, 9.17) is 4.63 Å². The van der Waals surface area contributed by atoms with Crippen LogP contribution in [-0.4, -0.2) is 44.9 Å². The van der Waals surface area contributed by atoms with Crippen LogP contribution in [0.4, 0.5) is 18.9 Å². The van der Waals surface area contributed by atoms with Gasteiger partial charge in [0, 0.05) is 6.54 Å². The minimum absolute atomic E-state index is 0.147. The number of anilines is 1. The molecule has 6 nitrogen and oxygen atoms in total. The molecular formula is C21H22F3N3O3. The molecule has 0 radical (unpaired) electrons. The van der Waals surface area contributed by atoms with E-state index < -0.39 is 17.9 Å².